The first-order valence-electron chi connectivity index (χ1n) is 7.86. The number of benzene rings is 2. The third kappa shape index (κ3) is 3.04. The van der Waals surface area contributed by atoms with Crippen LogP contribution < -0.4 is 4.90 Å². The van der Waals surface area contributed by atoms with E-state index in [9.17, 15) is 18.3 Å². The predicted molar refractivity (Wildman–Crippen MR) is 85.7 cm³/mol. The summed E-state index contributed by atoms with van der Waals surface area (Å²) in [6.45, 7) is 0.473. The van der Waals surface area contributed by atoms with Crippen LogP contribution in [0.1, 0.15) is 24.8 Å². The van der Waals surface area contributed by atoms with E-state index in [1.807, 2.05) is 6.07 Å². The largest absolute Gasteiger partial charge is 0.416 e. The van der Waals surface area contributed by atoms with E-state index in [1.165, 1.54) is 0 Å². The second kappa shape index (κ2) is 6.33. The number of fused-ring (bicyclic) bond motifs is 1. The van der Waals surface area contributed by atoms with Crippen LogP contribution in [0, 0.1) is 11.3 Å². The van der Waals surface area contributed by atoms with Gasteiger partial charge in [0.2, 0.25) is 0 Å². The number of piperidine rings is 1. The minimum atomic E-state index is -4.63. The van der Waals surface area contributed by atoms with E-state index in [2.05, 4.69) is 6.07 Å². The summed E-state index contributed by atoms with van der Waals surface area (Å²) in [4.78, 5) is 1.64. The Hall–Kier alpha value is -2.26. The molecule has 1 fully saturated rings. The molecule has 126 valence electrons. The van der Waals surface area contributed by atoms with Gasteiger partial charge < -0.3 is 10.0 Å². The zero-order chi connectivity index (χ0) is 17.3. The summed E-state index contributed by atoms with van der Waals surface area (Å²) in [7, 11) is 0. The molecule has 2 aromatic rings. The van der Waals surface area contributed by atoms with Crippen molar-refractivity contribution in [3.05, 3.63) is 42.0 Å². The highest BCUT2D eigenvalue weighted by Gasteiger charge is 2.46. The highest BCUT2D eigenvalue weighted by atomic mass is 19.4. The summed E-state index contributed by atoms with van der Waals surface area (Å²) in [5, 5.41) is 20.4. The van der Waals surface area contributed by atoms with Gasteiger partial charge in [-0.1, -0.05) is 18.2 Å². The van der Waals surface area contributed by atoms with Gasteiger partial charge in [0.25, 0.3) is 0 Å². The van der Waals surface area contributed by atoms with Crippen molar-refractivity contribution >= 4 is 16.5 Å². The topological polar surface area (TPSA) is 47.3 Å². The normalized spacial score (nSPS) is 20.0. The van der Waals surface area contributed by atoms with Crippen LogP contribution in [0.4, 0.5) is 18.9 Å². The molecule has 0 aliphatic carbocycles. The van der Waals surface area contributed by atoms with E-state index in [0.29, 0.717) is 30.6 Å². The van der Waals surface area contributed by atoms with Crippen LogP contribution in [0.25, 0.3) is 10.8 Å². The fourth-order valence-electron chi connectivity index (χ4n) is 3.37. The predicted octanol–water partition coefficient (Wildman–Crippen LogP) is 3.99. The fourth-order valence-corrected chi connectivity index (χ4v) is 3.37. The Labute approximate surface area is 137 Å². The zero-order valence-electron chi connectivity index (χ0n) is 12.9. The summed E-state index contributed by atoms with van der Waals surface area (Å²) >= 11 is 0. The molecular formula is C18H17F3N2O. The Morgan fingerprint density at radius 2 is 2.00 bits per heavy atom. The van der Waals surface area contributed by atoms with Crippen LogP contribution in [0.3, 0.4) is 0 Å². The Balaban J connectivity index is 1.99. The number of nitriles is 1. The number of hydrogen-bond acceptors (Lipinski definition) is 3. The minimum Gasteiger partial charge on any atom is -0.382 e. The molecule has 3 nitrogen and oxygen atoms in total. The highest BCUT2D eigenvalue weighted by Crippen LogP contribution is 2.34. The maximum absolute atomic E-state index is 13.0. The number of aliphatic hydroxyl groups is 1. The van der Waals surface area contributed by atoms with Crippen LogP contribution >= 0.6 is 0 Å². The molecular weight excluding hydrogens is 317 g/mol. The lowest BCUT2D eigenvalue weighted by molar-refractivity contribution is -0.211. The van der Waals surface area contributed by atoms with E-state index >= 15 is 0 Å². The lowest BCUT2D eigenvalue weighted by Gasteiger charge is -2.40. The molecule has 0 saturated carbocycles. The first kappa shape index (κ1) is 16.6. The van der Waals surface area contributed by atoms with E-state index in [-0.39, 0.29) is 0 Å². The van der Waals surface area contributed by atoms with Gasteiger partial charge in [-0.05, 0) is 48.2 Å². The molecule has 0 bridgehead atoms. The van der Waals surface area contributed by atoms with Crippen molar-refractivity contribution in [2.24, 2.45) is 0 Å². The van der Waals surface area contributed by atoms with Gasteiger partial charge in [-0.3, -0.25) is 0 Å². The van der Waals surface area contributed by atoms with Crippen molar-refractivity contribution in [2.75, 3.05) is 11.4 Å². The van der Waals surface area contributed by atoms with Gasteiger partial charge >= 0.3 is 6.18 Å². The maximum atomic E-state index is 13.0. The molecule has 0 aromatic heterocycles. The molecule has 24 heavy (non-hydrogen) atoms. The average molecular weight is 334 g/mol. The first-order valence-corrected chi connectivity index (χ1v) is 7.86. The van der Waals surface area contributed by atoms with Crippen LogP contribution in [0.15, 0.2) is 36.4 Å². The lowest BCUT2D eigenvalue weighted by atomic mass is 9.95. The van der Waals surface area contributed by atoms with Crippen molar-refractivity contribution < 1.29 is 18.3 Å². The van der Waals surface area contributed by atoms with Gasteiger partial charge in [0.15, 0.2) is 6.10 Å². The lowest BCUT2D eigenvalue weighted by Crippen LogP contribution is -2.52. The molecule has 6 heteroatoms. The summed E-state index contributed by atoms with van der Waals surface area (Å²) in [6, 6.07) is 11.7. The van der Waals surface area contributed by atoms with E-state index in [4.69, 9.17) is 5.26 Å². The second-order valence-corrected chi connectivity index (χ2v) is 6.07. The number of aliphatic hydroxyl groups excluding tert-OH is 1. The molecule has 1 heterocycles. The highest BCUT2D eigenvalue weighted by molar-refractivity contribution is 5.90. The Kier molecular flexibility index (Phi) is 4.37. The molecule has 1 unspecified atom stereocenters. The van der Waals surface area contributed by atoms with Gasteiger partial charge in [0.05, 0.1) is 17.7 Å². The number of hydrogen-bond donors (Lipinski definition) is 1. The molecule has 1 saturated heterocycles. The van der Waals surface area contributed by atoms with Crippen LogP contribution in [-0.2, 0) is 0 Å². The molecule has 2 atom stereocenters. The van der Waals surface area contributed by atoms with Gasteiger partial charge in [-0.15, -0.1) is 0 Å². The van der Waals surface area contributed by atoms with Crippen LogP contribution in [0.2, 0.25) is 0 Å². The van der Waals surface area contributed by atoms with E-state index in [0.717, 1.165) is 17.2 Å². The van der Waals surface area contributed by atoms with Crippen LogP contribution in [-0.4, -0.2) is 30.0 Å². The number of alkyl halides is 3. The zero-order valence-corrected chi connectivity index (χ0v) is 12.9. The smallest absolute Gasteiger partial charge is 0.382 e. The summed E-state index contributed by atoms with van der Waals surface area (Å²) < 4.78 is 38.9. The molecule has 0 radical (unpaired) electrons. The molecule has 1 aliphatic rings. The van der Waals surface area contributed by atoms with Gasteiger partial charge in [0.1, 0.15) is 0 Å². The van der Waals surface area contributed by atoms with E-state index < -0.39 is 18.3 Å². The molecule has 1 aliphatic heterocycles. The number of anilines is 1. The molecule has 3 rings (SSSR count). The standard InChI is InChI=1S/C18H17F3N2O/c19-18(20,21)17(24)16-6-1-2-9-23(16)14-7-8-15-12(10-14)4-3-5-13(15)11-22/h3-5,7-8,10,16-17,24H,1-2,6,9H2/t16?,17-/m1/s1. The van der Waals surface area contributed by atoms with Crippen molar-refractivity contribution in [1.29, 1.82) is 5.26 Å². The molecule has 2 aromatic carbocycles. The van der Waals surface area contributed by atoms with Crippen LogP contribution in [0.5, 0.6) is 0 Å². The quantitative estimate of drug-likeness (QED) is 0.903. The van der Waals surface area contributed by atoms with Crippen molar-refractivity contribution in [1.82, 2.24) is 0 Å². The monoisotopic (exact) mass is 334 g/mol. The van der Waals surface area contributed by atoms with Crippen molar-refractivity contribution in [3.63, 3.8) is 0 Å². The third-order valence-electron chi connectivity index (χ3n) is 4.57. The summed E-state index contributed by atoms with van der Waals surface area (Å²) in [5.74, 6) is 0. The molecule has 0 spiro atoms. The Bertz CT molecular complexity index is 782. The fraction of sp³-hybridized carbons (Fsp3) is 0.389. The van der Waals surface area contributed by atoms with Gasteiger partial charge in [0, 0.05) is 12.2 Å². The maximum Gasteiger partial charge on any atom is 0.416 e. The summed E-state index contributed by atoms with van der Waals surface area (Å²) in [6.07, 6.45) is -5.24. The second-order valence-electron chi connectivity index (χ2n) is 6.07. The van der Waals surface area contributed by atoms with Gasteiger partial charge in [-0.25, -0.2) is 0 Å². The van der Waals surface area contributed by atoms with Crippen molar-refractivity contribution in [2.45, 2.75) is 37.6 Å². The minimum absolute atomic E-state index is 0.303. The number of nitrogens with zero attached hydrogens (tertiary/aromatic N) is 2. The van der Waals surface area contributed by atoms with E-state index in [1.54, 1.807) is 35.2 Å². The molecule has 1 N–H and O–H groups in total. The Morgan fingerprint density at radius 1 is 1.21 bits per heavy atom. The first-order chi connectivity index (χ1) is 11.4. The third-order valence-corrected chi connectivity index (χ3v) is 4.57. The van der Waals surface area contributed by atoms with Crippen molar-refractivity contribution in [3.8, 4) is 6.07 Å². The number of rotatable bonds is 2. The number of halogens is 3. The average Bonchev–Trinajstić information content (AvgIpc) is 2.59. The summed E-state index contributed by atoms with van der Waals surface area (Å²) in [5.41, 5.74) is 1.18. The Morgan fingerprint density at radius 3 is 2.71 bits per heavy atom. The van der Waals surface area contributed by atoms with Gasteiger partial charge in [-0.2, -0.15) is 18.4 Å². The molecule has 0 amide bonds. The SMILES string of the molecule is N#Cc1cccc2cc(N3CCCCC3[C@@H](O)C(F)(F)F)ccc12.